The van der Waals surface area contributed by atoms with Crippen LogP contribution in [0.25, 0.3) is 0 Å². The van der Waals surface area contributed by atoms with E-state index in [-0.39, 0.29) is 0 Å². The maximum Gasteiger partial charge on any atom is 0.00641 e. The highest BCUT2D eigenvalue weighted by molar-refractivity contribution is 4.71. The van der Waals surface area contributed by atoms with Crippen LogP contribution in [0.2, 0.25) is 0 Å². The molecular formula is C18H37N. The second-order valence-electron chi connectivity index (χ2n) is 6.62. The zero-order chi connectivity index (χ0) is 13.8. The summed E-state index contributed by atoms with van der Waals surface area (Å²) in [4.78, 5) is 0. The molecular weight excluding hydrogens is 230 g/mol. The third-order valence-corrected chi connectivity index (χ3v) is 4.96. The van der Waals surface area contributed by atoms with Gasteiger partial charge in [0.05, 0.1) is 0 Å². The maximum absolute atomic E-state index is 3.54. The Bertz CT molecular complexity index is 184. The lowest BCUT2D eigenvalue weighted by Crippen LogP contribution is -2.26. The van der Waals surface area contributed by atoms with Gasteiger partial charge in [0.25, 0.3) is 0 Å². The van der Waals surface area contributed by atoms with Crippen molar-refractivity contribution in [3.05, 3.63) is 0 Å². The first-order valence-corrected chi connectivity index (χ1v) is 9.04. The molecule has 0 saturated heterocycles. The summed E-state index contributed by atoms with van der Waals surface area (Å²) in [5.41, 5.74) is 0. The van der Waals surface area contributed by atoms with E-state index in [4.69, 9.17) is 0 Å². The Hall–Kier alpha value is -0.0400. The number of hydrogen-bond donors (Lipinski definition) is 1. The third kappa shape index (κ3) is 8.68. The Balaban J connectivity index is 1.98. The number of rotatable bonds is 11. The summed E-state index contributed by atoms with van der Waals surface area (Å²) in [5.74, 6) is 1.05. The van der Waals surface area contributed by atoms with Crippen LogP contribution in [0.3, 0.4) is 0 Å². The lowest BCUT2D eigenvalue weighted by atomic mass is 9.85. The zero-order valence-corrected chi connectivity index (χ0v) is 13.6. The van der Waals surface area contributed by atoms with Crippen molar-refractivity contribution in [2.45, 2.75) is 103 Å². The van der Waals surface area contributed by atoms with E-state index in [2.05, 4.69) is 19.3 Å². The normalized spacial score (nSPS) is 18.6. The maximum atomic E-state index is 3.54. The molecule has 0 aromatic heterocycles. The second-order valence-corrected chi connectivity index (χ2v) is 6.62. The van der Waals surface area contributed by atoms with Crippen molar-refractivity contribution in [1.29, 1.82) is 0 Å². The Morgan fingerprint density at radius 3 is 2.26 bits per heavy atom. The predicted molar refractivity (Wildman–Crippen MR) is 86.6 cm³/mol. The fourth-order valence-electron chi connectivity index (χ4n) is 3.52. The molecule has 114 valence electrons. The van der Waals surface area contributed by atoms with Crippen LogP contribution in [0.5, 0.6) is 0 Å². The summed E-state index contributed by atoms with van der Waals surface area (Å²) < 4.78 is 0. The van der Waals surface area contributed by atoms with Gasteiger partial charge in [0, 0.05) is 6.04 Å². The average molecular weight is 268 g/mol. The van der Waals surface area contributed by atoms with E-state index in [1.807, 2.05) is 0 Å². The standard InChI is InChI=1S/C18H37N/c1-3-4-5-6-7-11-14-18(19-2)16-15-17-12-9-8-10-13-17/h17-19H,3-16H2,1-2H3. The SMILES string of the molecule is CCCCCCCCC(CCC1CCCCC1)NC. The van der Waals surface area contributed by atoms with Gasteiger partial charge in [0.15, 0.2) is 0 Å². The molecule has 0 radical (unpaired) electrons. The van der Waals surface area contributed by atoms with Crippen LogP contribution in [0.4, 0.5) is 0 Å². The van der Waals surface area contributed by atoms with Crippen LogP contribution < -0.4 is 5.32 Å². The van der Waals surface area contributed by atoms with Crippen molar-refractivity contribution in [3.8, 4) is 0 Å². The van der Waals surface area contributed by atoms with Gasteiger partial charge >= 0.3 is 0 Å². The molecule has 0 aromatic carbocycles. The largest absolute Gasteiger partial charge is 0.317 e. The first-order chi connectivity index (χ1) is 9.36. The molecule has 1 atom stereocenters. The molecule has 1 rings (SSSR count). The number of hydrogen-bond acceptors (Lipinski definition) is 1. The summed E-state index contributed by atoms with van der Waals surface area (Å²) in [6, 6.07) is 0.785. The fraction of sp³-hybridized carbons (Fsp3) is 1.00. The minimum atomic E-state index is 0.785. The summed E-state index contributed by atoms with van der Waals surface area (Å²) in [5, 5.41) is 3.54. The highest BCUT2D eigenvalue weighted by atomic mass is 14.9. The van der Waals surface area contributed by atoms with E-state index in [9.17, 15) is 0 Å². The molecule has 1 aliphatic carbocycles. The molecule has 0 amide bonds. The predicted octanol–water partition coefficient (Wildman–Crippen LogP) is 5.69. The van der Waals surface area contributed by atoms with Crippen molar-refractivity contribution in [3.63, 3.8) is 0 Å². The van der Waals surface area contributed by atoms with E-state index < -0.39 is 0 Å². The summed E-state index contributed by atoms with van der Waals surface area (Å²) in [6.07, 6.45) is 20.3. The highest BCUT2D eigenvalue weighted by Gasteiger charge is 2.15. The molecule has 1 saturated carbocycles. The molecule has 0 aromatic rings. The van der Waals surface area contributed by atoms with Crippen LogP contribution >= 0.6 is 0 Å². The van der Waals surface area contributed by atoms with Crippen LogP contribution in [0, 0.1) is 5.92 Å². The fourth-order valence-corrected chi connectivity index (χ4v) is 3.52. The molecule has 19 heavy (non-hydrogen) atoms. The Kier molecular flexibility index (Phi) is 10.5. The van der Waals surface area contributed by atoms with Crippen LogP contribution in [0.15, 0.2) is 0 Å². The highest BCUT2D eigenvalue weighted by Crippen LogP contribution is 2.28. The number of unbranched alkanes of at least 4 members (excludes halogenated alkanes) is 5. The summed E-state index contributed by atoms with van der Waals surface area (Å²) in [7, 11) is 2.16. The first kappa shape index (κ1) is 17.0. The van der Waals surface area contributed by atoms with Crippen molar-refractivity contribution in [1.82, 2.24) is 5.32 Å². The van der Waals surface area contributed by atoms with Crippen LogP contribution in [-0.4, -0.2) is 13.1 Å². The van der Waals surface area contributed by atoms with Gasteiger partial charge in [0.1, 0.15) is 0 Å². The molecule has 0 spiro atoms. The molecule has 1 nitrogen and oxygen atoms in total. The van der Waals surface area contributed by atoms with Gasteiger partial charge in [-0.2, -0.15) is 0 Å². The Morgan fingerprint density at radius 2 is 1.58 bits per heavy atom. The number of nitrogens with one attached hydrogen (secondary N) is 1. The van der Waals surface area contributed by atoms with Crippen molar-refractivity contribution in [2.24, 2.45) is 5.92 Å². The van der Waals surface area contributed by atoms with E-state index in [1.165, 1.54) is 89.9 Å². The average Bonchev–Trinajstić information content (AvgIpc) is 2.47. The van der Waals surface area contributed by atoms with Crippen LogP contribution in [-0.2, 0) is 0 Å². The van der Waals surface area contributed by atoms with E-state index in [0.717, 1.165) is 12.0 Å². The third-order valence-electron chi connectivity index (χ3n) is 4.96. The van der Waals surface area contributed by atoms with E-state index in [0.29, 0.717) is 0 Å². The van der Waals surface area contributed by atoms with Crippen molar-refractivity contribution < 1.29 is 0 Å². The lowest BCUT2D eigenvalue weighted by molar-refractivity contribution is 0.310. The van der Waals surface area contributed by atoms with Crippen molar-refractivity contribution in [2.75, 3.05) is 7.05 Å². The quantitative estimate of drug-likeness (QED) is 0.474. The second kappa shape index (κ2) is 11.8. The molecule has 0 aliphatic heterocycles. The van der Waals surface area contributed by atoms with Gasteiger partial charge in [-0.1, -0.05) is 77.6 Å². The molecule has 0 bridgehead atoms. The van der Waals surface area contributed by atoms with E-state index >= 15 is 0 Å². The molecule has 1 unspecified atom stereocenters. The molecule has 1 heteroatoms. The van der Waals surface area contributed by atoms with Gasteiger partial charge in [0.2, 0.25) is 0 Å². The van der Waals surface area contributed by atoms with Crippen molar-refractivity contribution >= 4 is 0 Å². The smallest absolute Gasteiger partial charge is 0.00641 e. The van der Waals surface area contributed by atoms with Gasteiger partial charge in [-0.3, -0.25) is 0 Å². The topological polar surface area (TPSA) is 12.0 Å². The monoisotopic (exact) mass is 267 g/mol. The summed E-state index contributed by atoms with van der Waals surface area (Å²) in [6.45, 7) is 2.29. The van der Waals surface area contributed by atoms with E-state index in [1.54, 1.807) is 0 Å². The molecule has 1 fully saturated rings. The summed E-state index contributed by atoms with van der Waals surface area (Å²) >= 11 is 0. The molecule has 1 N–H and O–H groups in total. The molecule has 1 aliphatic rings. The minimum Gasteiger partial charge on any atom is -0.317 e. The lowest BCUT2D eigenvalue weighted by Gasteiger charge is -2.24. The van der Waals surface area contributed by atoms with Gasteiger partial charge in [-0.05, 0) is 32.2 Å². The minimum absolute atomic E-state index is 0.785. The Labute approximate surface area is 121 Å². The van der Waals surface area contributed by atoms with Crippen LogP contribution in [0.1, 0.15) is 96.8 Å². The van der Waals surface area contributed by atoms with Gasteiger partial charge in [-0.15, -0.1) is 0 Å². The first-order valence-electron chi connectivity index (χ1n) is 9.04. The molecule has 0 heterocycles. The van der Waals surface area contributed by atoms with Gasteiger partial charge < -0.3 is 5.32 Å². The zero-order valence-electron chi connectivity index (χ0n) is 13.6. The van der Waals surface area contributed by atoms with Gasteiger partial charge in [-0.25, -0.2) is 0 Å². The Morgan fingerprint density at radius 1 is 0.895 bits per heavy atom.